The van der Waals surface area contributed by atoms with Gasteiger partial charge in [0.2, 0.25) is 0 Å². The molecule has 1 N–H and O–H groups in total. The van der Waals surface area contributed by atoms with Crippen molar-refractivity contribution < 1.29 is 9.52 Å². The fourth-order valence-electron chi connectivity index (χ4n) is 3.21. The molecule has 1 aliphatic rings. The third-order valence-corrected chi connectivity index (χ3v) is 4.40. The van der Waals surface area contributed by atoms with Gasteiger partial charge in [-0.1, -0.05) is 27.2 Å². The molecule has 4 nitrogen and oxygen atoms in total. The van der Waals surface area contributed by atoms with Gasteiger partial charge in [0.25, 0.3) is 5.69 Å². The standard InChI is InChI=1S/C16H24N2O2/c1-11(2)13-8-7-12(3)10-14(13)17-16(19)15-6-4-5-9-18(15)20/h4-6,9,11-14H,7-8,10H2,1-3H3,(H,17,19). The molecule has 3 unspecified atom stereocenters. The van der Waals surface area contributed by atoms with Gasteiger partial charge in [-0.05, 0) is 36.7 Å². The molecule has 1 fully saturated rings. The van der Waals surface area contributed by atoms with Crippen LogP contribution in [-0.4, -0.2) is 11.9 Å². The number of amides is 1. The van der Waals surface area contributed by atoms with E-state index in [2.05, 4.69) is 26.1 Å². The lowest BCUT2D eigenvalue weighted by molar-refractivity contribution is -0.607. The van der Waals surface area contributed by atoms with E-state index < -0.39 is 0 Å². The Bertz CT molecular complexity index is 473. The van der Waals surface area contributed by atoms with Crippen LogP contribution in [0.2, 0.25) is 0 Å². The number of aromatic nitrogens is 1. The van der Waals surface area contributed by atoms with Crippen molar-refractivity contribution in [1.29, 1.82) is 0 Å². The second kappa shape index (κ2) is 6.25. The van der Waals surface area contributed by atoms with Gasteiger partial charge in [0.1, 0.15) is 0 Å². The third kappa shape index (κ3) is 3.30. The van der Waals surface area contributed by atoms with E-state index in [9.17, 15) is 10.0 Å². The predicted octanol–water partition coefficient (Wildman–Crippen LogP) is 2.51. The summed E-state index contributed by atoms with van der Waals surface area (Å²) < 4.78 is 0.631. The molecule has 0 radical (unpaired) electrons. The van der Waals surface area contributed by atoms with E-state index in [-0.39, 0.29) is 17.6 Å². The van der Waals surface area contributed by atoms with Gasteiger partial charge < -0.3 is 10.5 Å². The van der Waals surface area contributed by atoms with E-state index >= 15 is 0 Å². The Morgan fingerprint density at radius 3 is 2.80 bits per heavy atom. The number of hydrogen-bond acceptors (Lipinski definition) is 2. The highest BCUT2D eigenvalue weighted by Crippen LogP contribution is 2.33. The summed E-state index contributed by atoms with van der Waals surface area (Å²) in [7, 11) is 0. The Labute approximate surface area is 120 Å². The first-order valence-electron chi connectivity index (χ1n) is 7.48. The van der Waals surface area contributed by atoms with Crippen LogP contribution in [-0.2, 0) is 0 Å². The first-order valence-corrected chi connectivity index (χ1v) is 7.48. The Balaban J connectivity index is 2.10. The second-order valence-electron chi connectivity index (χ2n) is 6.32. The lowest BCUT2D eigenvalue weighted by Gasteiger charge is -2.37. The molecule has 0 spiro atoms. The summed E-state index contributed by atoms with van der Waals surface area (Å²) >= 11 is 0. The summed E-state index contributed by atoms with van der Waals surface area (Å²) in [6.07, 6.45) is 4.73. The van der Waals surface area contributed by atoms with Gasteiger partial charge in [0.15, 0.2) is 6.20 Å². The fraction of sp³-hybridized carbons (Fsp3) is 0.625. The van der Waals surface area contributed by atoms with Crippen molar-refractivity contribution >= 4 is 5.91 Å². The minimum atomic E-state index is -0.259. The van der Waals surface area contributed by atoms with Gasteiger partial charge in [-0.15, -0.1) is 0 Å². The Kier molecular flexibility index (Phi) is 4.63. The van der Waals surface area contributed by atoms with Crippen LogP contribution in [0, 0.1) is 23.0 Å². The maximum atomic E-state index is 12.3. The predicted molar refractivity (Wildman–Crippen MR) is 78.0 cm³/mol. The van der Waals surface area contributed by atoms with E-state index in [4.69, 9.17) is 0 Å². The highest BCUT2D eigenvalue weighted by Gasteiger charge is 2.32. The maximum absolute atomic E-state index is 12.3. The molecule has 0 saturated heterocycles. The Morgan fingerprint density at radius 1 is 1.40 bits per heavy atom. The zero-order valence-electron chi connectivity index (χ0n) is 12.5. The van der Waals surface area contributed by atoms with Crippen molar-refractivity contribution in [3.63, 3.8) is 0 Å². The summed E-state index contributed by atoms with van der Waals surface area (Å²) in [5.74, 6) is 1.41. The second-order valence-corrected chi connectivity index (χ2v) is 6.32. The molecule has 4 heteroatoms. The number of nitrogens with one attached hydrogen (secondary N) is 1. The summed E-state index contributed by atoms with van der Waals surface area (Å²) in [4.78, 5) is 12.3. The van der Waals surface area contributed by atoms with E-state index in [1.54, 1.807) is 18.2 Å². The van der Waals surface area contributed by atoms with Crippen LogP contribution >= 0.6 is 0 Å². The van der Waals surface area contributed by atoms with E-state index in [1.807, 2.05) is 0 Å². The molecular formula is C16H24N2O2. The van der Waals surface area contributed by atoms with Gasteiger partial charge in [0, 0.05) is 18.2 Å². The molecule has 1 saturated carbocycles. The molecule has 1 aliphatic carbocycles. The monoisotopic (exact) mass is 276 g/mol. The minimum Gasteiger partial charge on any atom is -0.618 e. The van der Waals surface area contributed by atoms with Crippen LogP contribution in [0.25, 0.3) is 0 Å². The zero-order chi connectivity index (χ0) is 14.7. The third-order valence-electron chi connectivity index (χ3n) is 4.40. The van der Waals surface area contributed by atoms with Crippen LogP contribution in [0.4, 0.5) is 0 Å². The largest absolute Gasteiger partial charge is 0.618 e. The van der Waals surface area contributed by atoms with Crippen LogP contribution < -0.4 is 10.0 Å². The van der Waals surface area contributed by atoms with Crippen molar-refractivity contribution in [2.24, 2.45) is 17.8 Å². The van der Waals surface area contributed by atoms with Gasteiger partial charge >= 0.3 is 5.91 Å². The molecule has 1 aromatic heterocycles. The molecule has 3 atom stereocenters. The molecule has 0 aliphatic heterocycles. The smallest absolute Gasteiger partial charge is 0.317 e. The van der Waals surface area contributed by atoms with Crippen molar-refractivity contribution in [3.05, 3.63) is 35.3 Å². The Morgan fingerprint density at radius 2 is 2.15 bits per heavy atom. The van der Waals surface area contributed by atoms with Crippen molar-refractivity contribution in [1.82, 2.24) is 5.32 Å². The number of nitrogens with zero attached hydrogens (tertiary/aromatic N) is 1. The normalized spacial score (nSPS) is 26.5. The molecule has 1 heterocycles. The minimum absolute atomic E-state index is 0.173. The first kappa shape index (κ1) is 14.8. The molecule has 0 aromatic carbocycles. The zero-order valence-corrected chi connectivity index (χ0v) is 12.5. The first-order chi connectivity index (χ1) is 9.49. The van der Waals surface area contributed by atoms with Gasteiger partial charge in [-0.2, -0.15) is 4.73 Å². The quantitative estimate of drug-likeness (QED) is 0.681. The van der Waals surface area contributed by atoms with Gasteiger partial charge in [0.05, 0.1) is 0 Å². The maximum Gasteiger partial charge on any atom is 0.317 e. The van der Waals surface area contributed by atoms with Crippen LogP contribution in [0.5, 0.6) is 0 Å². The van der Waals surface area contributed by atoms with Gasteiger partial charge in [-0.3, -0.25) is 4.79 Å². The number of pyridine rings is 1. The molecule has 2 rings (SSSR count). The summed E-state index contributed by atoms with van der Waals surface area (Å²) in [6, 6.07) is 5.08. The highest BCUT2D eigenvalue weighted by molar-refractivity contribution is 5.91. The number of rotatable bonds is 3. The van der Waals surface area contributed by atoms with E-state index in [0.717, 1.165) is 12.8 Å². The topological polar surface area (TPSA) is 56.0 Å². The van der Waals surface area contributed by atoms with E-state index in [1.165, 1.54) is 12.6 Å². The fourth-order valence-corrected chi connectivity index (χ4v) is 3.21. The Hall–Kier alpha value is -1.58. The van der Waals surface area contributed by atoms with Crippen molar-refractivity contribution in [3.8, 4) is 0 Å². The van der Waals surface area contributed by atoms with Crippen molar-refractivity contribution in [2.45, 2.75) is 46.1 Å². The molecule has 1 aromatic rings. The van der Waals surface area contributed by atoms with E-state index in [0.29, 0.717) is 22.5 Å². The van der Waals surface area contributed by atoms with Crippen LogP contribution in [0.15, 0.2) is 24.4 Å². The SMILES string of the molecule is CC1CCC(C(C)C)C(NC(=O)c2cccc[n+]2[O-])C1. The average molecular weight is 276 g/mol. The molecule has 1 amide bonds. The number of carbonyl (C=O) groups is 1. The molecule has 20 heavy (non-hydrogen) atoms. The average Bonchev–Trinajstić information content (AvgIpc) is 2.38. The van der Waals surface area contributed by atoms with Crippen LogP contribution in [0.1, 0.15) is 50.5 Å². The molecule has 110 valence electrons. The molecule has 0 bridgehead atoms. The lowest BCUT2D eigenvalue weighted by atomic mass is 9.74. The summed E-state index contributed by atoms with van der Waals surface area (Å²) in [5.41, 5.74) is 0.174. The summed E-state index contributed by atoms with van der Waals surface area (Å²) in [5, 5.41) is 14.7. The number of hydrogen-bond donors (Lipinski definition) is 1. The number of carbonyl (C=O) groups excluding carboxylic acids is 1. The van der Waals surface area contributed by atoms with Crippen LogP contribution in [0.3, 0.4) is 0 Å². The highest BCUT2D eigenvalue weighted by atomic mass is 16.5. The van der Waals surface area contributed by atoms with Gasteiger partial charge in [-0.25, -0.2) is 0 Å². The summed E-state index contributed by atoms with van der Waals surface area (Å²) in [6.45, 7) is 6.64. The molecular weight excluding hydrogens is 252 g/mol. The lowest BCUT2D eigenvalue weighted by Crippen LogP contribution is -2.48. The van der Waals surface area contributed by atoms with Crippen molar-refractivity contribution in [2.75, 3.05) is 0 Å².